The zero-order chi connectivity index (χ0) is 24.0. The van der Waals surface area contributed by atoms with Gasteiger partial charge in [-0.05, 0) is 53.9 Å². The van der Waals surface area contributed by atoms with Gasteiger partial charge in [-0.3, -0.25) is 14.9 Å². The molecule has 7 nitrogen and oxygen atoms in total. The van der Waals surface area contributed by atoms with E-state index in [1.165, 1.54) is 12.1 Å². The van der Waals surface area contributed by atoms with Crippen LogP contribution in [0.2, 0.25) is 10.0 Å². The van der Waals surface area contributed by atoms with Crippen molar-refractivity contribution in [2.45, 2.75) is 12.5 Å². The van der Waals surface area contributed by atoms with Crippen LogP contribution in [0.3, 0.4) is 0 Å². The Morgan fingerprint density at radius 3 is 2.65 bits per heavy atom. The number of halogens is 2. The van der Waals surface area contributed by atoms with Gasteiger partial charge in [0, 0.05) is 29.2 Å². The van der Waals surface area contributed by atoms with Gasteiger partial charge < -0.3 is 14.6 Å². The minimum atomic E-state index is -0.595. The molecule has 34 heavy (non-hydrogen) atoms. The quantitative estimate of drug-likeness (QED) is 0.270. The molecular formula is C25H19Cl2N3O4. The van der Waals surface area contributed by atoms with E-state index >= 15 is 0 Å². The minimum Gasteiger partial charge on any atom is -0.497 e. The summed E-state index contributed by atoms with van der Waals surface area (Å²) in [7, 11) is 1.61. The standard InChI is InChI=1S/C25H19Cl2N3O4/c1-34-15-7-9-21-18(13-15)16-10-11-29(25(31)17-4-2-3-5-19(17)26)24(23(16)28-21)14-6-8-20(27)22(12-14)30(32)33/h2-9,12-13,24,28H,10-11H2,1H3/t24-/m1/s1. The number of methoxy groups -OCH3 is 1. The lowest BCUT2D eigenvalue weighted by Gasteiger charge is -2.36. The van der Waals surface area contributed by atoms with Crippen LogP contribution in [0.5, 0.6) is 5.75 Å². The number of hydrogen-bond donors (Lipinski definition) is 1. The molecule has 0 saturated heterocycles. The van der Waals surface area contributed by atoms with Gasteiger partial charge in [0.25, 0.3) is 11.6 Å². The molecule has 9 heteroatoms. The Labute approximate surface area is 205 Å². The van der Waals surface area contributed by atoms with Crippen LogP contribution in [0.15, 0.2) is 60.7 Å². The smallest absolute Gasteiger partial charge is 0.288 e. The predicted octanol–water partition coefficient (Wildman–Crippen LogP) is 6.18. The molecule has 0 saturated carbocycles. The predicted molar refractivity (Wildman–Crippen MR) is 131 cm³/mol. The first-order valence-corrected chi connectivity index (χ1v) is 11.3. The first-order chi connectivity index (χ1) is 16.4. The fraction of sp³-hybridized carbons (Fsp3) is 0.160. The van der Waals surface area contributed by atoms with Crippen molar-refractivity contribution in [3.8, 4) is 5.75 Å². The van der Waals surface area contributed by atoms with Crippen molar-refractivity contribution in [3.63, 3.8) is 0 Å². The number of rotatable bonds is 4. The van der Waals surface area contributed by atoms with E-state index in [0.717, 1.165) is 27.9 Å². The molecule has 1 N–H and O–H groups in total. The number of H-pyrrole nitrogens is 1. The van der Waals surface area contributed by atoms with E-state index in [1.54, 1.807) is 42.3 Å². The van der Waals surface area contributed by atoms with Crippen LogP contribution in [-0.2, 0) is 6.42 Å². The third-order valence-electron chi connectivity index (χ3n) is 6.18. The summed E-state index contributed by atoms with van der Waals surface area (Å²) < 4.78 is 5.40. The highest BCUT2D eigenvalue weighted by Crippen LogP contribution is 2.42. The zero-order valence-electron chi connectivity index (χ0n) is 18.0. The molecule has 1 aliphatic rings. The van der Waals surface area contributed by atoms with E-state index in [2.05, 4.69) is 4.98 Å². The first-order valence-electron chi connectivity index (χ1n) is 10.6. The molecule has 0 aliphatic carbocycles. The van der Waals surface area contributed by atoms with Gasteiger partial charge in [-0.2, -0.15) is 0 Å². The summed E-state index contributed by atoms with van der Waals surface area (Å²) >= 11 is 12.4. The van der Waals surface area contributed by atoms with E-state index < -0.39 is 11.0 Å². The number of amides is 1. The molecule has 1 atom stereocenters. The Kier molecular flexibility index (Phi) is 5.67. The summed E-state index contributed by atoms with van der Waals surface area (Å²) in [6.07, 6.45) is 0.602. The van der Waals surface area contributed by atoms with Crippen molar-refractivity contribution in [1.82, 2.24) is 9.88 Å². The van der Waals surface area contributed by atoms with Crippen molar-refractivity contribution in [3.05, 3.63) is 103 Å². The molecule has 172 valence electrons. The molecule has 2 heterocycles. The van der Waals surface area contributed by atoms with Crippen molar-refractivity contribution in [1.29, 1.82) is 0 Å². The van der Waals surface area contributed by atoms with Crippen molar-refractivity contribution in [2.24, 2.45) is 0 Å². The number of benzene rings is 3. The topological polar surface area (TPSA) is 88.5 Å². The zero-order valence-corrected chi connectivity index (χ0v) is 19.6. The highest BCUT2D eigenvalue weighted by molar-refractivity contribution is 6.34. The van der Waals surface area contributed by atoms with Crippen molar-refractivity contribution < 1.29 is 14.5 Å². The second kappa shape index (κ2) is 8.66. The van der Waals surface area contributed by atoms with Gasteiger partial charge in [-0.1, -0.05) is 41.4 Å². The number of nitrogens with zero attached hydrogens (tertiary/aromatic N) is 2. The van der Waals surface area contributed by atoms with Crippen molar-refractivity contribution >= 4 is 45.7 Å². The largest absolute Gasteiger partial charge is 0.497 e. The van der Waals surface area contributed by atoms with Gasteiger partial charge >= 0.3 is 0 Å². The lowest BCUT2D eigenvalue weighted by atomic mass is 9.91. The molecule has 3 aromatic carbocycles. The molecule has 4 aromatic rings. The second-order valence-corrected chi connectivity index (χ2v) is 8.84. The summed E-state index contributed by atoms with van der Waals surface area (Å²) in [6, 6.07) is 16.7. The number of ether oxygens (including phenoxy) is 1. The van der Waals surface area contributed by atoms with Gasteiger partial charge in [0.1, 0.15) is 10.8 Å². The third kappa shape index (κ3) is 3.67. The van der Waals surface area contributed by atoms with Crippen LogP contribution in [0.1, 0.15) is 33.2 Å². The number of nitro groups is 1. The molecule has 5 rings (SSSR count). The van der Waals surface area contributed by atoms with Crippen LogP contribution < -0.4 is 4.74 Å². The molecule has 1 amide bonds. The number of aromatic nitrogens is 1. The van der Waals surface area contributed by atoms with E-state index in [4.69, 9.17) is 27.9 Å². The maximum absolute atomic E-state index is 13.7. The molecular weight excluding hydrogens is 477 g/mol. The van der Waals surface area contributed by atoms with Gasteiger partial charge in [0.15, 0.2) is 0 Å². The molecule has 0 radical (unpaired) electrons. The Balaban J connectivity index is 1.71. The molecule has 1 aliphatic heterocycles. The number of fused-ring (bicyclic) bond motifs is 3. The van der Waals surface area contributed by atoms with Gasteiger partial charge in [-0.15, -0.1) is 0 Å². The van der Waals surface area contributed by atoms with Gasteiger partial charge in [0.2, 0.25) is 0 Å². The van der Waals surface area contributed by atoms with Gasteiger partial charge in [0.05, 0.1) is 28.7 Å². The highest BCUT2D eigenvalue weighted by Gasteiger charge is 2.36. The fourth-order valence-electron chi connectivity index (χ4n) is 4.59. The fourth-order valence-corrected chi connectivity index (χ4v) is 4.99. The van der Waals surface area contributed by atoms with E-state index in [0.29, 0.717) is 29.1 Å². The lowest BCUT2D eigenvalue weighted by Crippen LogP contribution is -2.40. The van der Waals surface area contributed by atoms with E-state index in [-0.39, 0.29) is 16.6 Å². The Hall–Kier alpha value is -3.55. The van der Waals surface area contributed by atoms with Crippen LogP contribution in [0, 0.1) is 10.1 Å². The Morgan fingerprint density at radius 2 is 1.91 bits per heavy atom. The number of aromatic amines is 1. The van der Waals surface area contributed by atoms with Crippen LogP contribution >= 0.6 is 23.2 Å². The molecule has 0 spiro atoms. The van der Waals surface area contributed by atoms with E-state index in [1.807, 2.05) is 18.2 Å². The SMILES string of the molecule is COc1ccc2[nH]c3c(c2c1)CCN(C(=O)c1ccccc1Cl)[C@@H]3c1ccc(Cl)c([N+](=O)[O-])c1. The maximum atomic E-state index is 13.7. The summed E-state index contributed by atoms with van der Waals surface area (Å²) in [5, 5.41) is 13.0. The minimum absolute atomic E-state index is 0.0372. The summed E-state index contributed by atoms with van der Waals surface area (Å²) in [5.74, 6) is 0.470. The van der Waals surface area contributed by atoms with Crippen molar-refractivity contribution in [2.75, 3.05) is 13.7 Å². The van der Waals surface area contributed by atoms with Gasteiger partial charge in [-0.25, -0.2) is 0 Å². The monoisotopic (exact) mass is 495 g/mol. The number of carbonyl (C=O) groups excluding carboxylic acids is 1. The third-order valence-corrected chi connectivity index (χ3v) is 6.83. The summed E-state index contributed by atoms with van der Waals surface area (Å²) in [4.78, 5) is 29.9. The summed E-state index contributed by atoms with van der Waals surface area (Å²) in [5.41, 5.74) is 3.47. The highest BCUT2D eigenvalue weighted by atomic mass is 35.5. The second-order valence-electron chi connectivity index (χ2n) is 8.03. The number of nitro benzene ring substituents is 1. The average Bonchev–Trinajstić information content (AvgIpc) is 3.21. The summed E-state index contributed by atoms with van der Waals surface area (Å²) in [6.45, 7) is 0.405. The Morgan fingerprint density at radius 1 is 1.12 bits per heavy atom. The van der Waals surface area contributed by atoms with Crippen LogP contribution in [0.25, 0.3) is 10.9 Å². The Bertz CT molecular complexity index is 1450. The van der Waals surface area contributed by atoms with Crippen LogP contribution in [0.4, 0.5) is 5.69 Å². The van der Waals surface area contributed by atoms with E-state index in [9.17, 15) is 14.9 Å². The normalized spacial score (nSPS) is 15.3. The lowest BCUT2D eigenvalue weighted by molar-refractivity contribution is -0.384. The number of nitrogens with one attached hydrogen (secondary N) is 1. The number of hydrogen-bond acceptors (Lipinski definition) is 4. The maximum Gasteiger partial charge on any atom is 0.288 e. The average molecular weight is 496 g/mol. The van der Waals surface area contributed by atoms with Crippen LogP contribution in [-0.4, -0.2) is 34.4 Å². The molecule has 1 aromatic heterocycles. The molecule has 0 unspecified atom stereocenters. The molecule has 0 fully saturated rings. The number of carbonyl (C=O) groups is 1. The molecule has 0 bridgehead atoms. The first kappa shape index (κ1) is 22.3.